The molecule has 2 aromatic carbocycles. The van der Waals surface area contributed by atoms with E-state index in [1.54, 1.807) is 36.4 Å². The number of hydrogen-bond donors (Lipinski definition) is 1. The molecule has 0 aliphatic heterocycles. The van der Waals surface area contributed by atoms with Crippen LogP contribution in [0.15, 0.2) is 95.6 Å². The molecule has 0 aliphatic rings. The molecular formula is C34H45O10PS. The van der Waals surface area contributed by atoms with Crippen LogP contribution in [-0.4, -0.2) is 43.5 Å². The predicted molar refractivity (Wildman–Crippen MR) is 178 cm³/mol. The molecule has 0 fully saturated rings. The maximum Gasteiger partial charge on any atom is 0.357 e. The van der Waals surface area contributed by atoms with Crippen LogP contribution >= 0.6 is 7.60 Å². The van der Waals surface area contributed by atoms with Gasteiger partial charge in [0.1, 0.15) is 0 Å². The Hall–Kier alpha value is -3.34. The SMILES string of the molecule is CC(C)=CCC/C(C)=C/CC/C(C)=C/CCCC(P(=O)(OCOC(=O)c1ccccc1)OCOC(=O)c1ccccc1)S(=O)(=O)O. The lowest BCUT2D eigenvalue weighted by Crippen LogP contribution is -2.25. The van der Waals surface area contributed by atoms with E-state index in [0.717, 1.165) is 31.3 Å². The lowest BCUT2D eigenvalue weighted by Gasteiger charge is -2.24. The van der Waals surface area contributed by atoms with Crippen molar-refractivity contribution < 1.29 is 45.6 Å². The molecule has 10 nitrogen and oxygen atoms in total. The van der Waals surface area contributed by atoms with Crippen LogP contribution < -0.4 is 0 Å². The van der Waals surface area contributed by atoms with Gasteiger partial charge in [-0.15, -0.1) is 0 Å². The summed E-state index contributed by atoms with van der Waals surface area (Å²) in [7, 11) is -9.77. The van der Waals surface area contributed by atoms with Crippen molar-refractivity contribution in [3.8, 4) is 0 Å². The first-order valence-corrected chi connectivity index (χ1v) is 18.2. The lowest BCUT2D eigenvalue weighted by molar-refractivity contribution is -0.00810. The number of unbranched alkanes of at least 4 members (excludes halogenated alkanes) is 1. The third-order valence-corrected chi connectivity index (χ3v) is 11.2. The molecule has 1 unspecified atom stereocenters. The smallest absolute Gasteiger partial charge is 0.357 e. The Morgan fingerprint density at radius 2 is 1.17 bits per heavy atom. The second-order valence-corrected chi connectivity index (χ2v) is 15.2. The van der Waals surface area contributed by atoms with Crippen molar-refractivity contribution >= 4 is 29.7 Å². The minimum Gasteiger partial charge on any atom is -0.434 e. The van der Waals surface area contributed by atoms with Crippen molar-refractivity contribution in [1.82, 2.24) is 0 Å². The molecule has 252 valence electrons. The normalized spacial score (nSPS) is 13.2. The Kier molecular flexibility index (Phi) is 16.9. The van der Waals surface area contributed by atoms with Crippen LogP contribution in [0.25, 0.3) is 0 Å². The van der Waals surface area contributed by atoms with Gasteiger partial charge >= 0.3 is 19.5 Å². The average molecular weight is 677 g/mol. The summed E-state index contributed by atoms with van der Waals surface area (Å²) in [6.45, 7) is 6.37. The molecule has 0 heterocycles. The number of allylic oxidation sites excluding steroid dienone is 6. The highest BCUT2D eigenvalue weighted by Crippen LogP contribution is 2.56. The van der Waals surface area contributed by atoms with Crippen LogP contribution in [0.4, 0.5) is 0 Å². The Bertz CT molecular complexity index is 1430. The van der Waals surface area contributed by atoms with Gasteiger partial charge in [-0.05, 0) is 96.9 Å². The first-order valence-electron chi connectivity index (χ1n) is 15.1. The Morgan fingerprint density at radius 3 is 1.61 bits per heavy atom. The fourth-order valence-corrected chi connectivity index (χ4v) is 7.72. The van der Waals surface area contributed by atoms with Gasteiger partial charge in [-0.1, -0.05) is 71.3 Å². The highest BCUT2D eigenvalue weighted by Gasteiger charge is 2.45. The summed E-state index contributed by atoms with van der Waals surface area (Å²) in [4.78, 5) is 22.6. The fourth-order valence-electron chi connectivity index (χ4n) is 4.28. The van der Waals surface area contributed by atoms with Crippen molar-refractivity contribution in [2.75, 3.05) is 13.6 Å². The number of benzene rings is 2. The summed E-state index contributed by atoms with van der Waals surface area (Å²) in [6, 6.07) is 15.8. The largest absolute Gasteiger partial charge is 0.434 e. The molecule has 2 rings (SSSR count). The summed E-state index contributed by atoms with van der Waals surface area (Å²) in [6.07, 6.45) is 10.4. The maximum atomic E-state index is 13.8. The maximum absolute atomic E-state index is 13.8. The topological polar surface area (TPSA) is 142 Å². The van der Waals surface area contributed by atoms with Crippen molar-refractivity contribution in [2.24, 2.45) is 0 Å². The Balaban J connectivity index is 2.06. The quantitative estimate of drug-likeness (QED) is 0.0361. The van der Waals surface area contributed by atoms with Crippen molar-refractivity contribution in [1.29, 1.82) is 0 Å². The zero-order valence-corrected chi connectivity index (χ0v) is 28.6. The minimum atomic E-state index is -4.99. The van der Waals surface area contributed by atoms with Crippen LogP contribution in [0.1, 0.15) is 93.4 Å². The molecule has 0 saturated carbocycles. The van der Waals surface area contributed by atoms with Gasteiger partial charge in [0.2, 0.25) is 13.6 Å². The molecule has 0 radical (unpaired) electrons. The summed E-state index contributed by atoms with van der Waals surface area (Å²) >= 11 is 0. The van der Waals surface area contributed by atoms with E-state index >= 15 is 0 Å². The zero-order chi connectivity index (χ0) is 34.0. The second-order valence-electron chi connectivity index (χ2n) is 11.0. The zero-order valence-electron chi connectivity index (χ0n) is 26.9. The van der Waals surface area contributed by atoms with E-state index < -0.39 is 48.2 Å². The molecule has 1 atom stereocenters. The molecule has 46 heavy (non-hydrogen) atoms. The second kappa shape index (κ2) is 20.0. The van der Waals surface area contributed by atoms with Gasteiger partial charge in [0, 0.05) is 0 Å². The third-order valence-electron chi connectivity index (χ3n) is 6.83. The van der Waals surface area contributed by atoms with Crippen LogP contribution in [0.2, 0.25) is 0 Å². The highest BCUT2D eigenvalue weighted by molar-refractivity contribution is 7.94. The molecule has 0 saturated heterocycles. The van der Waals surface area contributed by atoms with Gasteiger partial charge in [-0.25, -0.2) is 9.59 Å². The van der Waals surface area contributed by atoms with E-state index in [1.165, 1.54) is 35.4 Å². The monoisotopic (exact) mass is 676 g/mol. The van der Waals surface area contributed by atoms with E-state index in [9.17, 15) is 27.1 Å². The molecular weight excluding hydrogens is 631 g/mol. The molecule has 0 spiro atoms. The molecule has 0 bridgehead atoms. The summed E-state index contributed by atoms with van der Waals surface area (Å²) in [5, 5.41) is 0. The van der Waals surface area contributed by atoms with Gasteiger partial charge in [0.25, 0.3) is 10.1 Å². The number of rotatable bonds is 20. The summed E-state index contributed by atoms with van der Waals surface area (Å²) in [5.74, 6) is -1.63. The molecule has 0 amide bonds. The molecule has 2 aromatic rings. The molecule has 0 aromatic heterocycles. The van der Waals surface area contributed by atoms with Crippen LogP contribution in [0, 0.1) is 0 Å². The minimum absolute atomic E-state index is 0.182. The lowest BCUT2D eigenvalue weighted by atomic mass is 10.1. The Labute approximate surface area is 272 Å². The first kappa shape index (κ1) is 38.8. The number of carbonyl (C=O) groups is 2. The number of carbonyl (C=O) groups excluding carboxylic acids is 2. The van der Waals surface area contributed by atoms with E-state index in [2.05, 4.69) is 32.9 Å². The van der Waals surface area contributed by atoms with Gasteiger partial charge in [0.05, 0.1) is 11.1 Å². The van der Waals surface area contributed by atoms with E-state index in [-0.39, 0.29) is 24.0 Å². The van der Waals surface area contributed by atoms with Crippen molar-refractivity contribution in [2.45, 2.75) is 77.6 Å². The number of hydrogen-bond acceptors (Lipinski definition) is 9. The van der Waals surface area contributed by atoms with Gasteiger partial charge in [-0.2, -0.15) is 8.42 Å². The standard InChI is InChI=1S/C34H45O10PS/c1-27(2)15-13-17-29(4)19-14-18-28(3)16-11-12-24-32(46(38,39)40)45(37,43-25-41-33(35)30-20-7-5-8-21-30)44-26-42-34(36)31-22-9-6-10-23-31/h5-10,15-16,19-23,32H,11-14,17-18,24-26H2,1-4H3,(H,38,39,40)/b28-16+,29-19+. The Morgan fingerprint density at radius 1 is 0.739 bits per heavy atom. The predicted octanol–water partition coefficient (Wildman–Crippen LogP) is 8.65. The fraction of sp³-hybridized carbons (Fsp3) is 0.412. The van der Waals surface area contributed by atoms with E-state index in [4.69, 9.17) is 18.5 Å². The van der Waals surface area contributed by atoms with Crippen molar-refractivity contribution in [3.63, 3.8) is 0 Å². The number of esters is 2. The third kappa shape index (κ3) is 14.8. The van der Waals surface area contributed by atoms with Crippen LogP contribution in [0.3, 0.4) is 0 Å². The van der Waals surface area contributed by atoms with Crippen molar-refractivity contribution in [3.05, 3.63) is 107 Å². The van der Waals surface area contributed by atoms with E-state index in [1.807, 2.05) is 13.0 Å². The molecule has 1 N–H and O–H groups in total. The average Bonchev–Trinajstić information content (AvgIpc) is 3.00. The molecule has 0 aliphatic carbocycles. The first-order chi connectivity index (χ1) is 21.8. The number of ether oxygens (including phenoxy) is 2. The van der Waals surface area contributed by atoms with Gasteiger partial charge < -0.3 is 9.47 Å². The van der Waals surface area contributed by atoms with Gasteiger partial charge in [0.15, 0.2) is 4.99 Å². The van der Waals surface area contributed by atoms with Gasteiger partial charge in [-0.3, -0.25) is 18.2 Å². The van der Waals surface area contributed by atoms with Crippen LogP contribution in [0.5, 0.6) is 0 Å². The summed E-state index contributed by atoms with van der Waals surface area (Å²) in [5.41, 5.74) is 4.09. The highest BCUT2D eigenvalue weighted by atomic mass is 32.2. The van der Waals surface area contributed by atoms with Crippen LogP contribution in [-0.2, 0) is 33.2 Å². The molecule has 12 heteroatoms. The van der Waals surface area contributed by atoms with E-state index in [0.29, 0.717) is 6.42 Å². The summed E-state index contributed by atoms with van der Waals surface area (Å²) < 4.78 is 69.3.